The van der Waals surface area contributed by atoms with E-state index in [9.17, 15) is 18.3 Å². The zero-order valence-electron chi connectivity index (χ0n) is 7.57. The normalized spacial score (nSPS) is 15.1. The van der Waals surface area contributed by atoms with E-state index in [-0.39, 0.29) is 5.56 Å². The van der Waals surface area contributed by atoms with Crippen molar-refractivity contribution in [1.82, 2.24) is 0 Å². The summed E-state index contributed by atoms with van der Waals surface area (Å²) in [7, 11) is 0. The summed E-state index contributed by atoms with van der Waals surface area (Å²) in [6, 6.07) is 7.76. The average Bonchev–Trinajstić information content (AvgIpc) is 2.17. The van der Waals surface area contributed by atoms with Crippen LogP contribution in [0.3, 0.4) is 0 Å². The van der Waals surface area contributed by atoms with Crippen LogP contribution in [0.15, 0.2) is 42.2 Å². The van der Waals surface area contributed by atoms with Crippen LogP contribution in [-0.2, 0) is 0 Å². The molecule has 0 fully saturated rings. The minimum Gasteiger partial charge on any atom is -0.504 e. The maximum absolute atomic E-state index is 11.9. The van der Waals surface area contributed by atoms with Gasteiger partial charge in [-0.15, -0.1) is 0 Å². The second kappa shape index (κ2) is 4.35. The summed E-state index contributed by atoms with van der Waals surface area (Å²) in [5.74, 6) is -1.79. The number of alkyl halides is 3. The Kier molecular flexibility index (Phi) is 3.36. The molecule has 0 saturated heterocycles. The van der Waals surface area contributed by atoms with Crippen LogP contribution in [0.2, 0.25) is 0 Å². The monoisotopic (exact) mass is 218 g/mol. The summed E-state index contributed by atoms with van der Waals surface area (Å²) in [6.07, 6.45) is -5.93. The molecule has 2 nitrogen and oxygen atoms in total. The van der Waals surface area contributed by atoms with Crippen molar-refractivity contribution in [3.8, 4) is 0 Å². The first-order chi connectivity index (χ1) is 6.91. The summed E-state index contributed by atoms with van der Waals surface area (Å²) in [5.41, 5.74) is 0.285. The lowest BCUT2D eigenvalue weighted by Crippen LogP contribution is -2.12. The van der Waals surface area contributed by atoms with Gasteiger partial charge in [-0.25, -0.2) is 0 Å². The van der Waals surface area contributed by atoms with Crippen LogP contribution in [-0.4, -0.2) is 16.4 Å². The van der Waals surface area contributed by atoms with E-state index in [1.807, 2.05) is 0 Å². The van der Waals surface area contributed by atoms with Crippen molar-refractivity contribution in [3.63, 3.8) is 0 Å². The molecule has 1 atom stereocenters. The molecular formula is C10H9F3O2. The first kappa shape index (κ1) is 11.6. The van der Waals surface area contributed by atoms with Crippen LogP contribution in [0, 0.1) is 0 Å². The zero-order chi connectivity index (χ0) is 11.5. The van der Waals surface area contributed by atoms with Crippen LogP contribution in [0.1, 0.15) is 11.7 Å². The number of benzene rings is 1. The number of allylic oxidation sites excluding steroid dienone is 1. The number of rotatable bonds is 2. The quantitative estimate of drug-likeness (QED) is 0.749. The van der Waals surface area contributed by atoms with Gasteiger partial charge in [0.05, 0.1) is 0 Å². The smallest absolute Gasteiger partial charge is 0.448 e. The Labute approximate surface area is 84.3 Å². The Morgan fingerprint density at radius 3 is 2.20 bits per heavy atom. The molecule has 0 bridgehead atoms. The highest BCUT2D eigenvalue weighted by molar-refractivity contribution is 5.22. The van der Waals surface area contributed by atoms with Crippen LogP contribution in [0.5, 0.6) is 0 Å². The second-order valence-electron chi connectivity index (χ2n) is 2.91. The van der Waals surface area contributed by atoms with Crippen molar-refractivity contribution in [1.29, 1.82) is 0 Å². The van der Waals surface area contributed by atoms with Gasteiger partial charge in [-0.2, -0.15) is 13.2 Å². The van der Waals surface area contributed by atoms with Gasteiger partial charge in [-0.1, -0.05) is 30.3 Å². The van der Waals surface area contributed by atoms with Crippen molar-refractivity contribution < 1.29 is 23.4 Å². The van der Waals surface area contributed by atoms with Gasteiger partial charge in [0.15, 0.2) is 5.76 Å². The summed E-state index contributed by atoms with van der Waals surface area (Å²) in [4.78, 5) is 0. The molecule has 0 aliphatic carbocycles. The van der Waals surface area contributed by atoms with Gasteiger partial charge < -0.3 is 10.2 Å². The molecule has 0 aliphatic rings. The van der Waals surface area contributed by atoms with Crippen molar-refractivity contribution in [2.75, 3.05) is 0 Å². The molecule has 0 heterocycles. The third kappa shape index (κ3) is 3.28. The topological polar surface area (TPSA) is 40.5 Å². The van der Waals surface area contributed by atoms with Gasteiger partial charge in [0.1, 0.15) is 6.10 Å². The van der Waals surface area contributed by atoms with E-state index >= 15 is 0 Å². The van der Waals surface area contributed by atoms with Gasteiger partial charge in [0, 0.05) is 0 Å². The standard InChI is InChI=1S/C10H9F3O2/c11-10(12,13)9(15)6-8(14)7-4-2-1-3-5-7/h1-6,8,14-15H/b9-6-. The molecule has 1 unspecified atom stereocenters. The van der Waals surface area contributed by atoms with Gasteiger partial charge >= 0.3 is 6.18 Å². The van der Waals surface area contributed by atoms with Crippen molar-refractivity contribution in [2.24, 2.45) is 0 Å². The molecule has 0 aliphatic heterocycles. The molecule has 0 radical (unpaired) electrons. The Morgan fingerprint density at radius 2 is 1.73 bits per heavy atom. The van der Waals surface area contributed by atoms with Crippen molar-refractivity contribution in [2.45, 2.75) is 12.3 Å². The van der Waals surface area contributed by atoms with E-state index in [0.29, 0.717) is 6.08 Å². The molecule has 1 rings (SSSR count). The summed E-state index contributed by atoms with van der Waals surface area (Å²) in [5, 5.41) is 17.9. The lowest BCUT2D eigenvalue weighted by atomic mass is 10.1. The highest BCUT2D eigenvalue weighted by Crippen LogP contribution is 2.26. The molecule has 0 aromatic heterocycles. The number of hydrogen-bond donors (Lipinski definition) is 2. The fraction of sp³-hybridized carbons (Fsp3) is 0.200. The molecule has 0 amide bonds. The Hall–Kier alpha value is -1.49. The Balaban J connectivity index is 2.84. The van der Waals surface area contributed by atoms with E-state index in [1.165, 1.54) is 12.1 Å². The molecule has 1 aromatic rings. The van der Waals surface area contributed by atoms with Crippen molar-refractivity contribution >= 4 is 0 Å². The Bertz CT molecular complexity index is 343. The molecule has 0 spiro atoms. The molecular weight excluding hydrogens is 209 g/mol. The minimum atomic E-state index is -4.82. The van der Waals surface area contributed by atoms with E-state index in [2.05, 4.69) is 0 Å². The zero-order valence-corrected chi connectivity index (χ0v) is 7.57. The van der Waals surface area contributed by atoms with Crippen LogP contribution in [0.25, 0.3) is 0 Å². The lowest BCUT2D eigenvalue weighted by molar-refractivity contribution is -0.121. The molecule has 0 saturated carbocycles. The summed E-state index contributed by atoms with van der Waals surface area (Å²) < 4.78 is 35.7. The maximum Gasteiger partial charge on any atom is 0.448 e. The molecule has 15 heavy (non-hydrogen) atoms. The molecule has 82 valence electrons. The maximum atomic E-state index is 11.9. The van der Waals surface area contributed by atoms with Gasteiger partial charge in [0.25, 0.3) is 0 Å². The third-order valence-electron chi connectivity index (χ3n) is 1.75. The third-order valence-corrected chi connectivity index (χ3v) is 1.75. The predicted octanol–water partition coefficient (Wildman–Crippen LogP) is 2.72. The fourth-order valence-corrected chi connectivity index (χ4v) is 0.990. The van der Waals surface area contributed by atoms with Crippen molar-refractivity contribution in [3.05, 3.63) is 47.7 Å². The van der Waals surface area contributed by atoms with E-state index < -0.39 is 18.0 Å². The Morgan fingerprint density at radius 1 is 1.20 bits per heavy atom. The summed E-state index contributed by atoms with van der Waals surface area (Å²) in [6.45, 7) is 0. The van der Waals surface area contributed by atoms with Crippen LogP contribution >= 0.6 is 0 Å². The van der Waals surface area contributed by atoms with E-state index in [1.54, 1.807) is 18.2 Å². The number of aliphatic hydroxyl groups excluding tert-OH is 2. The van der Waals surface area contributed by atoms with E-state index in [4.69, 9.17) is 5.11 Å². The number of halogens is 3. The second-order valence-corrected chi connectivity index (χ2v) is 2.91. The number of hydrogen-bond acceptors (Lipinski definition) is 2. The summed E-state index contributed by atoms with van der Waals surface area (Å²) >= 11 is 0. The average molecular weight is 218 g/mol. The fourth-order valence-electron chi connectivity index (χ4n) is 0.990. The molecule has 5 heteroatoms. The predicted molar refractivity (Wildman–Crippen MR) is 48.2 cm³/mol. The SMILES string of the molecule is O/C(=C\C(O)c1ccccc1)C(F)(F)F. The largest absolute Gasteiger partial charge is 0.504 e. The lowest BCUT2D eigenvalue weighted by Gasteiger charge is -2.09. The van der Waals surface area contributed by atoms with Gasteiger partial charge in [-0.05, 0) is 11.6 Å². The minimum absolute atomic E-state index is 0.285. The first-order valence-corrected chi connectivity index (χ1v) is 4.12. The van der Waals surface area contributed by atoms with E-state index in [0.717, 1.165) is 0 Å². The number of aliphatic hydroxyl groups is 2. The van der Waals surface area contributed by atoms with Crippen LogP contribution in [0.4, 0.5) is 13.2 Å². The van der Waals surface area contributed by atoms with Crippen LogP contribution < -0.4 is 0 Å². The highest BCUT2D eigenvalue weighted by Gasteiger charge is 2.34. The van der Waals surface area contributed by atoms with Gasteiger partial charge in [-0.3, -0.25) is 0 Å². The molecule has 1 aromatic carbocycles. The first-order valence-electron chi connectivity index (χ1n) is 4.12. The molecule has 2 N–H and O–H groups in total. The van der Waals surface area contributed by atoms with Gasteiger partial charge in [0.2, 0.25) is 0 Å². The highest BCUT2D eigenvalue weighted by atomic mass is 19.4.